The van der Waals surface area contributed by atoms with Gasteiger partial charge in [0.05, 0.1) is 25.3 Å². The molecule has 1 aromatic heterocycles. The highest BCUT2D eigenvalue weighted by Crippen LogP contribution is 2.31. The van der Waals surface area contributed by atoms with Crippen molar-refractivity contribution in [1.29, 1.82) is 10.5 Å². The van der Waals surface area contributed by atoms with E-state index in [1.807, 2.05) is 178 Å². The lowest BCUT2D eigenvalue weighted by atomic mass is 9.93. The van der Waals surface area contributed by atoms with Crippen LogP contribution in [0.15, 0.2) is 115 Å². The second-order valence-corrected chi connectivity index (χ2v) is 18.1. The molecule has 0 saturated carbocycles. The summed E-state index contributed by atoms with van der Waals surface area (Å²) in [4.78, 5) is 38.6. The third-order valence-electron chi connectivity index (χ3n) is 9.79. The van der Waals surface area contributed by atoms with Crippen molar-refractivity contribution in [1.82, 2.24) is 25.7 Å². The van der Waals surface area contributed by atoms with Crippen molar-refractivity contribution in [3.05, 3.63) is 160 Å². The van der Waals surface area contributed by atoms with Crippen LogP contribution >= 0.6 is 0 Å². The topological polar surface area (TPSA) is 220 Å². The van der Waals surface area contributed by atoms with Gasteiger partial charge in [-0.1, -0.05) is 134 Å². The Kier molecular flexibility index (Phi) is 20.9. The third kappa shape index (κ3) is 18.9. The molecule has 0 bridgehead atoms. The zero-order valence-corrected chi connectivity index (χ0v) is 41.1. The van der Waals surface area contributed by atoms with E-state index in [0.29, 0.717) is 30.1 Å². The molecule has 362 valence electrons. The van der Waals surface area contributed by atoms with Crippen molar-refractivity contribution in [2.24, 2.45) is 5.41 Å². The summed E-state index contributed by atoms with van der Waals surface area (Å²) in [6.07, 6.45) is -1.48. The van der Waals surface area contributed by atoms with Crippen LogP contribution in [0.25, 0.3) is 21.9 Å². The minimum Gasteiger partial charge on any atom is -0.506 e. The van der Waals surface area contributed by atoms with Gasteiger partial charge in [0, 0.05) is 30.8 Å². The Balaban J connectivity index is 0.000000290. The number of methoxy groups -OCH3 is 1. The third-order valence-corrected chi connectivity index (χ3v) is 9.79. The number of aromatic nitrogens is 2. The summed E-state index contributed by atoms with van der Waals surface area (Å²) in [5, 5.41) is 31.1. The minimum atomic E-state index is -0.676. The lowest BCUT2D eigenvalue weighted by Gasteiger charge is -2.26. The van der Waals surface area contributed by atoms with E-state index in [9.17, 15) is 19.6 Å². The van der Waals surface area contributed by atoms with Gasteiger partial charge in [-0.2, -0.15) is 10.4 Å². The average molecular weight is 938 g/mol. The standard InChI is InChI=1S/C23H25N5O2.C18H28N2O4.C12H10N2O/c1-16-9-11-18(12-10-16)20-19(13-24)21(25)28(27-20)23(2,3)15-26-22(29)30-14-17-7-5-4-6-8-17;1-17(2,3)24-16(22)20-13-18(4,5)12-19-15(21)23-11-14-9-7-6-8-10-14;1-9-4-6-10(7-5-9)12(15-3)11(8-13)14-2/h4-12H,14-15,25H2,1-3H3,(H,26,29);6-10H,11-13H2,1-5H3,(H,19,21)(H,20,22);4-7H,1,3H3/b;;12-11+. The fourth-order valence-electron chi connectivity index (χ4n) is 6.01. The maximum Gasteiger partial charge on any atom is 0.407 e. The summed E-state index contributed by atoms with van der Waals surface area (Å²) in [5.41, 5.74) is 11.1. The summed E-state index contributed by atoms with van der Waals surface area (Å²) in [7, 11) is 1.46. The molecule has 0 unspecified atom stereocenters. The van der Waals surface area contributed by atoms with Crippen LogP contribution in [0.1, 0.15) is 81.8 Å². The quantitative estimate of drug-likeness (QED) is 0.0355. The molecule has 0 aliphatic carbocycles. The molecule has 5 N–H and O–H groups in total. The van der Waals surface area contributed by atoms with Gasteiger partial charge in [0.1, 0.15) is 47.7 Å². The molecule has 5 aromatic rings. The predicted octanol–water partition coefficient (Wildman–Crippen LogP) is 10.2. The largest absolute Gasteiger partial charge is 0.506 e. The molecule has 0 fully saturated rings. The molecule has 0 aliphatic rings. The summed E-state index contributed by atoms with van der Waals surface area (Å²) in [5.74, 6) is 0.588. The van der Waals surface area contributed by atoms with E-state index in [4.69, 9.17) is 36.5 Å². The molecule has 0 spiro atoms. The van der Waals surface area contributed by atoms with Gasteiger partial charge in [-0.3, -0.25) is 0 Å². The van der Waals surface area contributed by atoms with Crippen LogP contribution < -0.4 is 21.7 Å². The summed E-state index contributed by atoms with van der Waals surface area (Å²) >= 11 is 0. The van der Waals surface area contributed by atoms with Crippen LogP contribution in [-0.2, 0) is 37.7 Å². The molecule has 69 heavy (non-hydrogen) atoms. The number of rotatable bonds is 14. The Hall–Kier alpha value is -8.29. The van der Waals surface area contributed by atoms with Gasteiger partial charge >= 0.3 is 24.0 Å². The number of allylic oxidation sites excluding steroid dienone is 1. The van der Waals surface area contributed by atoms with Crippen LogP contribution in [0.5, 0.6) is 0 Å². The summed E-state index contributed by atoms with van der Waals surface area (Å²) in [6, 6.07) is 38.1. The number of alkyl carbamates (subject to hydrolysis) is 3. The summed E-state index contributed by atoms with van der Waals surface area (Å²) < 4.78 is 22.2. The van der Waals surface area contributed by atoms with Crippen LogP contribution in [0.2, 0.25) is 0 Å². The molecular formula is C53H63N9O7. The van der Waals surface area contributed by atoms with Gasteiger partial charge in [0.25, 0.3) is 0 Å². The number of nitrogens with two attached hydrogens (primary N) is 1. The highest BCUT2D eigenvalue weighted by molar-refractivity contribution is 5.73. The number of nitrogens with zero attached hydrogens (tertiary/aromatic N) is 5. The molecular weight excluding hydrogens is 875 g/mol. The first-order chi connectivity index (χ1) is 32.6. The van der Waals surface area contributed by atoms with E-state index in [0.717, 1.165) is 33.4 Å². The van der Waals surface area contributed by atoms with E-state index >= 15 is 0 Å². The highest BCUT2D eigenvalue weighted by Gasteiger charge is 2.29. The van der Waals surface area contributed by atoms with Gasteiger partial charge in [0.15, 0.2) is 0 Å². The first-order valence-electron chi connectivity index (χ1n) is 22.0. The van der Waals surface area contributed by atoms with Gasteiger partial charge < -0.3 is 40.6 Å². The van der Waals surface area contributed by atoms with Gasteiger partial charge in [0.2, 0.25) is 0 Å². The lowest BCUT2D eigenvalue weighted by Crippen LogP contribution is -2.43. The van der Waals surface area contributed by atoms with Crippen LogP contribution in [0.4, 0.5) is 20.2 Å². The fraction of sp³-hybridized carbons (Fsp3) is 0.340. The molecule has 0 saturated heterocycles. The predicted molar refractivity (Wildman–Crippen MR) is 265 cm³/mol. The van der Waals surface area contributed by atoms with Crippen molar-refractivity contribution in [3.8, 4) is 23.4 Å². The zero-order valence-electron chi connectivity index (χ0n) is 41.1. The van der Waals surface area contributed by atoms with E-state index in [2.05, 4.69) is 32.0 Å². The maximum absolute atomic E-state index is 12.1. The monoisotopic (exact) mass is 937 g/mol. The number of benzene rings is 4. The molecule has 16 heteroatoms. The van der Waals surface area contributed by atoms with Crippen LogP contribution in [0.3, 0.4) is 0 Å². The van der Waals surface area contributed by atoms with Crippen molar-refractivity contribution < 1.29 is 33.3 Å². The second kappa shape index (κ2) is 26.2. The molecule has 3 amide bonds. The van der Waals surface area contributed by atoms with Crippen molar-refractivity contribution >= 4 is 29.9 Å². The van der Waals surface area contributed by atoms with E-state index in [1.54, 1.807) is 4.68 Å². The Morgan fingerprint density at radius 2 is 1.17 bits per heavy atom. The van der Waals surface area contributed by atoms with Crippen molar-refractivity contribution in [2.75, 3.05) is 32.5 Å². The Morgan fingerprint density at radius 1 is 0.710 bits per heavy atom. The maximum atomic E-state index is 12.1. The van der Waals surface area contributed by atoms with E-state index < -0.39 is 29.4 Å². The van der Waals surface area contributed by atoms with Crippen LogP contribution in [0, 0.1) is 48.5 Å². The number of nitriles is 2. The van der Waals surface area contributed by atoms with Crippen molar-refractivity contribution in [2.45, 2.75) is 86.7 Å². The molecule has 0 radical (unpaired) electrons. The van der Waals surface area contributed by atoms with E-state index in [-0.39, 0.29) is 36.7 Å². The minimum absolute atomic E-state index is 0.0265. The number of carbonyl (C=O) groups is 3. The Morgan fingerprint density at radius 3 is 1.61 bits per heavy atom. The number of hydrogen-bond donors (Lipinski definition) is 4. The fourth-order valence-corrected chi connectivity index (χ4v) is 6.01. The molecule has 4 aromatic carbocycles. The number of aryl methyl sites for hydroxylation is 2. The number of nitrogens with one attached hydrogen (secondary N) is 3. The molecule has 0 atom stereocenters. The normalized spacial score (nSPS) is 11.2. The number of hydrogen-bond acceptors (Lipinski definition) is 11. The molecule has 1 heterocycles. The lowest BCUT2D eigenvalue weighted by molar-refractivity contribution is 0.0506. The second-order valence-electron chi connectivity index (χ2n) is 18.1. The number of carbonyl (C=O) groups excluding carboxylic acids is 3. The Labute approximate surface area is 405 Å². The van der Waals surface area contributed by atoms with Gasteiger partial charge in [-0.15, -0.1) is 0 Å². The van der Waals surface area contributed by atoms with Crippen molar-refractivity contribution in [3.63, 3.8) is 0 Å². The summed E-state index contributed by atoms with van der Waals surface area (Å²) in [6.45, 7) is 25.3. The van der Waals surface area contributed by atoms with E-state index in [1.165, 1.54) is 7.11 Å². The smallest absolute Gasteiger partial charge is 0.407 e. The van der Waals surface area contributed by atoms with Gasteiger partial charge in [-0.25, -0.2) is 29.2 Å². The number of anilines is 1. The number of nitrogen functional groups attached to an aromatic ring is 1. The molecule has 0 aliphatic heterocycles. The zero-order chi connectivity index (χ0) is 51.2. The van der Waals surface area contributed by atoms with Gasteiger partial charge in [-0.05, 0) is 65.0 Å². The number of ether oxygens (including phenoxy) is 4. The first-order valence-corrected chi connectivity index (χ1v) is 22.0. The molecule has 16 nitrogen and oxygen atoms in total. The highest BCUT2D eigenvalue weighted by atomic mass is 16.6. The Bertz CT molecular complexity index is 2600. The first kappa shape index (κ1) is 55.0. The number of amides is 3. The molecule has 5 rings (SSSR count). The SMILES string of the molecule is CC(C)(CNC(=O)OCc1ccccc1)CNC(=O)OC(C)(C)C.Cc1ccc(-c2nn(C(C)(C)CNC(=O)OCc3ccccc3)c(N)c2C#N)cc1.[C-]#[N+]/C(C#N)=C(/OC)c1ccc(C)cc1. The van der Waals surface area contributed by atoms with Crippen LogP contribution in [-0.4, -0.2) is 60.4 Å². The average Bonchev–Trinajstić information content (AvgIpc) is 3.67.